The molecule has 0 spiro atoms. The Balaban J connectivity index is 2.09. The number of hydrogen-bond acceptors (Lipinski definition) is 4. The third-order valence-electron chi connectivity index (χ3n) is 3.18. The summed E-state index contributed by atoms with van der Waals surface area (Å²) in [6, 6.07) is 1.22. The van der Waals surface area contributed by atoms with Crippen molar-refractivity contribution in [3.8, 4) is 0 Å². The molecule has 1 aliphatic rings. The molecule has 2 rings (SSSR count). The van der Waals surface area contributed by atoms with Crippen LogP contribution in [0.3, 0.4) is 0 Å². The molecule has 6 heteroatoms. The number of amides is 1. The zero-order valence-corrected chi connectivity index (χ0v) is 10.5. The first-order valence-corrected chi connectivity index (χ1v) is 5.92. The van der Waals surface area contributed by atoms with Crippen LogP contribution in [0.4, 0.5) is 0 Å². The summed E-state index contributed by atoms with van der Waals surface area (Å²) in [4.78, 5) is 29.3. The van der Waals surface area contributed by atoms with Crippen LogP contribution in [0.5, 0.6) is 0 Å². The van der Waals surface area contributed by atoms with Gasteiger partial charge in [-0.2, -0.15) is 0 Å². The van der Waals surface area contributed by atoms with Gasteiger partial charge in [0, 0.05) is 24.1 Å². The summed E-state index contributed by atoms with van der Waals surface area (Å²) in [5, 5.41) is 2.92. The molecule has 1 atom stereocenters. The molecule has 0 bridgehead atoms. The first-order chi connectivity index (χ1) is 8.49. The van der Waals surface area contributed by atoms with E-state index in [-0.39, 0.29) is 28.6 Å². The second kappa shape index (κ2) is 4.89. The van der Waals surface area contributed by atoms with Gasteiger partial charge in [-0.25, -0.2) is 4.98 Å². The van der Waals surface area contributed by atoms with E-state index in [1.807, 2.05) is 13.8 Å². The lowest BCUT2D eigenvalue weighted by Gasteiger charge is -2.38. The Morgan fingerprint density at radius 2 is 2.39 bits per heavy atom. The van der Waals surface area contributed by atoms with E-state index < -0.39 is 0 Å². The second-order valence-electron chi connectivity index (χ2n) is 5.15. The van der Waals surface area contributed by atoms with Gasteiger partial charge in [0.05, 0.1) is 12.9 Å². The molecule has 98 valence electrons. The van der Waals surface area contributed by atoms with Gasteiger partial charge in [-0.15, -0.1) is 0 Å². The Morgan fingerprint density at radius 1 is 1.61 bits per heavy atom. The first kappa shape index (κ1) is 12.8. The van der Waals surface area contributed by atoms with Crippen molar-refractivity contribution in [2.75, 3.05) is 13.2 Å². The Labute approximate surface area is 105 Å². The molecule has 1 saturated heterocycles. The molecule has 2 heterocycles. The van der Waals surface area contributed by atoms with Crippen LogP contribution in [0.1, 0.15) is 30.8 Å². The first-order valence-electron chi connectivity index (χ1n) is 5.92. The van der Waals surface area contributed by atoms with E-state index in [2.05, 4.69) is 15.3 Å². The Hall–Kier alpha value is -1.69. The van der Waals surface area contributed by atoms with Gasteiger partial charge in [0.1, 0.15) is 5.69 Å². The van der Waals surface area contributed by atoms with Gasteiger partial charge >= 0.3 is 0 Å². The molecular formula is C12H17N3O3. The number of nitrogens with one attached hydrogen (secondary N) is 2. The van der Waals surface area contributed by atoms with E-state index in [0.29, 0.717) is 13.2 Å². The van der Waals surface area contributed by atoms with Gasteiger partial charge in [-0.05, 0) is 6.42 Å². The molecule has 0 aliphatic carbocycles. The Morgan fingerprint density at radius 3 is 3.06 bits per heavy atom. The summed E-state index contributed by atoms with van der Waals surface area (Å²) in [6.07, 6.45) is 1.99. The predicted molar refractivity (Wildman–Crippen MR) is 65.3 cm³/mol. The minimum Gasteiger partial charge on any atom is -0.381 e. The van der Waals surface area contributed by atoms with Gasteiger partial charge in [0.2, 0.25) is 0 Å². The lowest BCUT2D eigenvalue weighted by Crippen LogP contribution is -2.50. The predicted octanol–water partition coefficient (Wildman–Crippen LogP) is 0.315. The summed E-state index contributed by atoms with van der Waals surface area (Å²) in [5.74, 6) is -0.318. The van der Waals surface area contributed by atoms with Crippen LogP contribution in [-0.2, 0) is 4.74 Å². The van der Waals surface area contributed by atoms with Crippen molar-refractivity contribution in [3.63, 3.8) is 0 Å². The number of hydrogen-bond donors (Lipinski definition) is 2. The number of aromatic amines is 1. The number of carbonyl (C=O) groups excluding carboxylic acids is 1. The zero-order valence-electron chi connectivity index (χ0n) is 10.5. The minimum atomic E-state index is -0.332. The van der Waals surface area contributed by atoms with Gasteiger partial charge in [-0.1, -0.05) is 13.8 Å². The normalized spacial score (nSPS) is 22.4. The molecule has 0 radical (unpaired) electrons. The maximum Gasteiger partial charge on any atom is 0.270 e. The summed E-state index contributed by atoms with van der Waals surface area (Å²) in [7, 11) is 0. The molecule has 1 fully saturated rings. The number of rotatable bonds is 2. The maximum atomic E-state index is 12.0. The number of aromatic nitrogens is 2. The molecular weight excluding hydrogens is 234 g/mol. The van der Waals surface area contributed by atoms with E-state index in [1.54, 1.807) is 0 Å². The second-order valence-corrected chi connectivity index (χ2v) is 5.15. The fourth-order valence-corrected chi connectivity index (χ4v) is 2.02. The van der Waals surface area contributed by atoms with Crippen LogP contribution < -0.4 is 10.9 Å². The van der Waals surface area contributed by atoms with Crippen molar-refractivity contribution in [3.05, 3.63) is 28.4 Å². The van der Waals surface area contributed by atoms with Gasteiger partial charge in [-0.3, -0.25) is 9.59 Å². The molecule has 1 unspecified atom stereocenters. The van der Waals surface area contributed by atoms with Crippen LogP contribution in [0.15, 0.2) is 17.2 Å². The SMILES string of the molecule is CC1(C)COCCC1NC(=O)c1cc(=O)[nH]cn1. The number of nitrogens with zero attached hydrogens (tertiary/aromatic N) is 1. The molecule has 0 saturated carbocycles. The maximum absolute atomic E-state index is 12.0. The topological polar surface area (TPSA) is 84.1 Å². The summed E-state index contributed by atoms with van der Waals surface area (Å²) < 4.78 is 5.40. The highest BCUT2D eigenvalue weighted by atomic mass is 16.5. The zero-order chi connectivity index (χ0) is 13.2. The average Bonchev–Trinajstić information content (AvgIpc) is 2.31. The quantitative estimate of drug-likeness (QED) is 0.792. The molecule has 0 aromatic carbocycles. The van der Waals surface area contributed by atoms with E-state index in [4.69, 9.17) is 4.74 Å². The van der Waals surface area contributed by atoms with Crippen molar-refractivity contribution in [2.45, 2.75) is 26.3 Å². The van der Waals surface area contributed by atoms with E-state index in [9.17, 15) is 9.59 Å². The molecule has 1 amide bonds. The molecule has 1 aromatic heterocycles. The average molecular weight is 251 g/mol. The highest BCUT2D eigenvalue weighted by molar-refractivity contribution is 5.92. The van der Waals surface area contributed by atoms with E-state index in [1.165, 1.54) is 12.4 Å². The van der Waals surface area contributed by atoms with Gasteiger partial charge < -0.3 is 15.0 Å². The Kier molecular flexibility index (Phi) is 3.47. The van der Waals surface area contributed by atoms with Crippen LogP contribution in [0, 0.1) is 5.41 Å². The smallest absolute Gasteiger partial charge is 0.270 e. The van der Waals surface area contributed by atoms with Crippen LogP contribution >= 0.6 is 0 Å². The lowest BCUT2D eigenvalue weighted by atomic mass is 9.82. The van der Waals surface area contributed by atoms with Crippen molar-refractivity contribution >= 4 is 5.91 Å². The molecule has 2 N–H and O–H groups in total. The third-order valence-corrected chi connectivity index (χ3v) is 3.18. The van der Waals surface area contributed by atoms with E-state index in [0.717, 1.165) is 6.42 Å². The largest absolute Gasteiger partial charge is 0.381 e. The number of ether oxygens (including phenoxy) is 1. The molecule has 18 heavy (non-hydrogen) atoms. The lowest BCUT2D eigenvalue weighted by molar-refractivity contribution is -0.0116. The van der Waals surface area contributed by atoms with Crippen molar-refractivity contribution < 1.29 is 9.53 Å². The van der Waals surface area contributed by atoms with Crippen LogP contribution in [-0.4, -0.2) is 35.1 Å². The van der Waals surface area contributed by atoms with Crippen molar-refractivity contribution in [1.29, 1.82) is 0 Å². The highest BCUT2D eigenvalue weighted by Crippen LogP contribution is 2.27. The monoisotopic (exact) mass is 251 g/mol. The van der Waals surface area contributed by atoms with Crippen LogP contribution in [0.2, 0.25) is 0 Å². The third kappa shape index (κ3) is 2.76. The van der Waals surface area contributed by atoms with Crippen LogP contribution in [0.25, 0.3) is 0 Å². The standard InChI is InChI=1S/C12H17N3O3/c1-12(2)6-18-4-3-9(12)15-11(17)8-5-10(16)14-7-13-8/h5,7,9H,3-4,6H2,1-2H3,(H,15,17)(H,13,14,16). The molecule has 6 nitrogen and oxygen atoms in total. The Bertz CT molecular complexity index is 495. The van der Waals surface area contributed by atoms with Gasteiger partial charge in [0.25, 0.3) is 11.5 Å². The van der Waals surface area contributed by atoms with Gasteiger partial charge in [0.15, 0.2) is 0 Å². The summed E-state index contributed by atoms with van der Waals surface area (Å²) >= 11 is 0. The van der Waals surface area contributed by atoms with Crippen molar-refractivity contribution in [2.24, 2.45) is 5.41 Å². The molecule has 1 aromatic rings. The molecule has 1 aliphatic heterocycles. The summed E-state index contributed by atoms with van der Waals surface area (Å²) in [6.45, 7) is 5.34. The minimum absolute atomic E-state index is 0.0276. The number of carbonyl (C=O) groups is 1. The summed E-state index contributed by atoms with van der Waals surface area (Å²) in [5.41, 5.74) is -0.308. The highest BCUT2D eigenvalue weighted by Gasteiger charge is 2.34. The van der Waals surface area contributed by atoms with Crippen molar-refractivity contribution in [1.82, 2.24) is 15.3 Å². The number of H-pyrrole nitrogens is 1. The van der Waals surface area contributed by atoms with E-state index >= 15 is 0 Å². The fourth-order valence-electron chi connectivity index (χ4n) is 2.02. The fraction of sp³-hybridized carbons (Fsp3) is 0.583.